The van der Waals surface area contributed by atoms with E-state index >= 15 is 0 Å². The van der Waals surface area contributed by atoms with Gasteiger partial charge in [-0.25, -0.2) is 4.79 Å². The van der Waals surface area contributed by atoms with Gasteiger partial charge in [0.2, 0.25) is 6.79 Å². The SMILES string of the molecule is CC(C)(C)N(C(=O)O)[C@@H](Cc1ccc2c(c1)OCO2)[C@H](O)CCl. The second-order valence-electron chi connectivity index (χ2n) is 6.50. The summed E-state index contributed by atoms with van der Waals surface area (Å²) in [5, 5.41) is 19.8. The van der Waals surface area contributed by atoms with Crippen molar-refractivity contribution >= 4 is 17.7 Å². The van der Waals surface area contributed by atoms with E-state index in [-0.39, 0.29) is 12.7 Å². The van der Waals surface area contributed by atoms with Crippen LogP contribution in [0.4, 0.5) is 4.79 Å². The Bertz CT molecular complexity index is 572. The number of fused-ring (bicyclic) bond motifs is 1. The van der Waals surface area contributed by atoms with Gasteiger partial charge in [0.15, 0.2) is 11.5 Å². The minimum Gasteiger partial charge on any atom is -0.465 e. The van der Waals surface area contributed by atoms with Gasteiger partial charge in [-0.15, -0.1) is 11.6 Å². The van der Waals surface area contributed by atoms with Crippen molar-refractivity contribution in [3.8, 4) is 11.5 Å². The van der Waals surface area contributed by atoms with Crippen LogP contribution in [0.15, 0.2) is 18.2 Å². The third kappa shape index (κ3) is 4.00. The van der Waals surface area contributed by atoms with Crippen LogP contribution >= 0.6 is 11.6 Å². The Morgan fingerprint density at radius 3 is 2.57 bits per heavy atom. The molecule has 23 heavy (non-hydrogen) atoms. The maximum atomic E-state index is 11.7. The van der Waals surface area contributed by atoms with E-state index in [0.29, 0.717) is 17.9 Å². The van der Waals surface area contributed by atoms with E-state index < -0.39 is 23.8 Å². The molecule has 0 saturated carbocycles. The Hall–Kier alpha value is -1.66. The molecule has 0 saturated heterocycles. The van der Waals surface area contributed by atoms with Gasteiger partial charge in [-0.1, -0.05) is 6.07 Å². The predicted octanol–water partition coefficient (Wildman–Crippen LogP) is 2.70. The zero-order valence-corrected chi connectivity index (χ0v) is 14.2. The molecule has 2 atom stereocenters. The molecule has 1 aromatic carbocycles. The standard InChI is InChI=1S/C16H22ClNO5/c1-16(2,3)18(15(20)21)11(12(19)8-17)6-10-4-5-13-14(7-10)23-9-22-13/h4-5,7,11-12,19H,6,8-9H2,1-3H3,(H,20,21)/t11-,12+/m0/s1. The van der Waals surface area contributed by atoms with Crippen LogP contribution in [0.3, 0.4) is 0 Å². The first-order valence-corrected chi connectivity index (χ1v) is 7.92. The van der Waals surface area contributed by atoms with Gasteiger partial charge in [0, 0.05) is 5.54 Å². The first-order valence-electron chi connectivity index (χ1n) is 7.39. The van der Waals surface area contributed by atoms with Gasteiger partial charge < -0.3 is 19.7 Å². The summed E-state index contributed by atoms with van der Waals surface area (Å²) in [5.41, 5.74) is 0.179. The number of carboxylic acid groups (broad SMARTS) is 1. The smallest absolute Gasteiger partial charge is 0.408 e. The molecule has 0 fully saturated rings. The fourth-order valence-electron chi connectivity index (χ4n) is 2.74. The first kappa shape index (κ1) is 17.7. The molecular formula is C16H22ClNO5. The molecule has 0 aromatic heterocycles. The maximum Gasteiger partial charge on any atom is 0.408 e. The van der Waals surface area contributed by atoms with Crippen LogP contribution < -0.4 is 9.47 Å². The van der Waals surface area contributed by atoms with Crippen LogP contribution in [0.25, 0.3) is 0 Å². The summed E-state index contributed by atoms with van der Waals surface area (Å²) in [6.07, 6.45) is -1.74. The molecule has 1 aromatic rings. The number of ether oxygens (including phenoxy) is 2. The van der Waals surface area contributed by atoms with Crippen molar-refractivity contribution in [1.82, 2.24) is 4.90 Å². The Labute approximate surface area is 140 Å². The molecule has 6 nitrogen and oxygen atoms in total. The van der Waals surface area contributed by atoms with Gasteiger partial charge in [-0.05, 0) is 44.9 Å². The van der Waals surface area contributed by atoms with Crippen LogP contribution in [-0.2, 0) is 6.42 Å². The van der Waals surface area contributed by atoms with E-state index in [1.807, 2.05) is 6.07 Å². The lowest BCUT2D eigenvalue weighted by Crippen LogP contribution is -2.56. The zero-order chi connectivity index (χ0) is 17.2. The number of aliphatic hydroxyl groups excluding tert-OH is 1. The number of alkyl halides is 1. The minimum atomic E-state index is -1.09. The average molecular weight is 344 g/mol. The van der Waals surface area contributed by atoms with Crippen molar-refractivity contribution in [2.75, 3.05) is 12.7 Å². The maximum absolute atomic E-state index is 11.7. The number of aliphatic hydroxyl groups is 1. The monoisotopic (exact) mass is 343 g/mol. The van der Waals surface area contributed by atoms with E-state index in [2.05, 4.69) is 0 Å². The Morgan fingerprint density at radius 1 is 1.35 bits per heavy atom. The molecular weight excluding hydrogens is 322 g/mol. The van der Waals surface area contributed by atoms with Gasteiger partial charge in [0.25, 0.3) is 0 Å². The van der Waals surface area contributed by atoms with Gasteiger partial charge >= 0.3 is 6.09 Å². The van der Waals surface area contributed by atoms with E-state index in [1.165, 1.54) is 4.90 Å². The summed E-state index contributed by atoms with van der Waals surface area (Å²) >= 11 is 5.79. The van der Waals surface area contributed by atoms with Crippen molar-refractivity contribution < 1.29 is 24.5 Å². The highest BCUT2D eigenvalue weighted by atomic mass is 35.5. The Morgan fingerprint density at radius 2 is 2.00 bits per heavy atom. The second kappa shape index (κ2) is 6.84. The molecule has 1 aliphatic rings. The summed E-state index contributed by atoms with van der Waals surface area (Å²) in [7, 11) is 0. The number of nitrogens with zero attached hydrogens (tertiary/aromatic N) is 1. The molecule has 128 valence electrons. The van der Waals surface area contributed by atoms with Crippen molar-refractivity contribution in [2.45, 2.75) is 44.9 Å². The molecule has 7 heteroatoms. The van der Waals surface area contributed by atoms with Crippen molar-refractivity contribution in [3.05, 3.63) is 23.8 Å². The minimum absolute atomic E-state index is 0.0465. The predicted molar refractivity (Wildman–Crippen MR) is 86.4 cm³/mol. The largest absolute Gasteiger partial charge is 0.465 e. The molecule has 0 unspecified atom stereocenters. The zero-order valence-electron chi connectivity index (χ0n) is 13.5. The highest BCUT2D eigenvalue weighted by Gasteiger charge is 2.37. The van der Waals surface area contributed by atoms with Crippen LogP contribution in [0, 0.1) is 0 Å². The van der Waals surface area contributed by atoms with Crippen LogP contribution in [0.1, 0.15) is 26.3 Å². The lowest BCUT2D eigenvalue weighted by molar-refractivity contribution is 0.0158. The third-order valence-electron chi connectivity index (χ3n) is 3.74. The van der Waals surface area contributed by atoms with E-state index in [0.717, 1.165) is 5.56 Å². The van der Waals surface area contributed by atoms with Crippen molar-refractivity contribution in [2.24, 2.45) is 0 Å². The molecule has 0 aliphatic carbocycles. The number of carbonyl (C=O) groups is 1. The highest BCUT2D eigenvalue weighted by Crippen LogP contribution is 2.33. The molecule has 0 radical (unpaired) electrons. The second-order valence-corrected chi connectivity index (χ2v) is 6.81. The molecule has 1 aliphatic heterocycles. The number of rotatable bonds is 5. The lowest BCUT2D eigenvalue weighted by atomic mass is 9.95. The summed E-state index contributed by atoms with van der Waals surface area (Å²) < 4.78 is 10.6. The van der Waals surface area contributed by atoms with Gasteiger partial charge in [0.05, 0.1) is 18.0 Å². The first-order chi connectivity index (χ1) is 10.7. The Kier molecular flexibility index (Phi) is 5.26. The molecule has 0 spiro atoms. The van der Waals surface area contributed by atoms with Crippen LogP contribution in [-0.4, -0.2) is 51.6 Å². The molecule has 1 heterocycles. The van der Waals surface area contributed by atoms with Gasteiger partial charge in [-0.2, -0.15) is 0 Å². The molecule has 0 bridgehead atoms. The van der Waals surface area contributed by atoms with Crippen molar-refractivity contribution in [3.63, 3.8) is 0 Å². The summed E-state index contributed by atoms with van der Waals surface area (Å²) in [4.78, 5) is 13.0. The quantitative estimate of drug-likeness (QED) is 0.804. The Balaban J connectivity index is 2.30. The number of halogens is 1. The fourth-order valence-corrected chi connectivity index (χ4v) is 2.94. The number of hydrogen-bond acceptors (Lipinski definition) is 4. The van der Waals surface area contributed by atoms with E-state index in [9.17, 15) is 15.0 Å². The normalized spacial score (nSPS) is 16.0. The highest BCUT2D eigenvalue weighted by molar-refractivity contribution is 6.18. The number of hydrogen-bond donors (Lipinski definition) is 2. The molecule has 2 N–H and O–H groups in total. The topological polar surface area (TPSA) is 79.2 Å². The molecule has 1 amide bonds. The summed E-state index contributed by atoms with van der Waals surface area (Å²) in [6, 6.07) is 4.76. The van der Waals surface area contributed by atoms with E-state index in [1.54, 1.807) is 32.9 Å². The molecule has 2 rings (SSSR count). The lowest BCUT2D eigenvalue weighted by Gasteiger charge is -2.41. The summed E-state index contributed by atoms with van der Waals surface area (Å²) in [5.74, 6) is 1.24. The van der Waals surface area contributed by atoms with Gasteiger partial charge in [0.1, 0.15) is 0 Å². The van der Waals surface area contributed by atoms with E-state index in [4.69, 9.17) is 21.1 Å². The fraction of sp³-hybridized carbons (Fsp3) is 0.562. The third-order valence-corrected chi connectivity index (χ3v) is 4.06. The van der Waals surface area contributed by atoms with Crippen molar-refractivity contribution in [1.29, 1.82) is 0 Å². The average Bonchev–Trinajstić information content (AvgIpc) is 2.91. The van der Waals surface area contributed by atoms with Crippen LogP contribution in [0.5, 0.6) is 11.5 Å². The van der Waals surface area contributed by atoms with Gasteiger partial charge in [-0.3, -0.25) is 4.90 Å². The summed E-state index contributed by atoms with van der Waals surface area (Å²) in [6.45, 7) is 5.54. The number of benzene rings is 1. The number of amides is 1. The van der Waals surface area contributed by atoms with Crippen LogP contribution in [0.2, 0.25) is 0 Å².